The SMILES string of the molecule is [B]c1ccc(C(C)CC)cc1COC. The monoisotopic (exact) mass is 188 g/mol. The summed E-state index contributed by atoms with van der Waals surface area (Å²) in [6.45, 7) is 5.01. The van der Waals surface area contributed by atoms with Gasteiger partial charge in [0.1, 0.15) is 7.85 Å². The molecule has 0 aliphatic rings. The van der Waals surface area contributed by atoms with Crippen LogP contribution < -0.4 is 5.46 Å². The van der Waals surface area contributed by atoms with Gasteiger partial charge in [0.25, 0.3) is 0 Å². The molecule has 0 bridgehead atoms. The molecule has 0 fully saturated rings. The maximum Gasteiger partial charge on any atom is 0.114 e. The van der Waals surface area contributed by atoms with Crippen LogP contribution in [0, 0.1) is 0 Å². The molecule has 74 valence electrons. The molecule has 1 aromatic carbocycles. The Labute approximate surface area is 87.9 Å². The summed E-state index contributed by atoms with van der Waals surface area (Å²) in [6.07, 6.45) is 1.15. The quantitative estimate of drug-likeness (QED) is 0.657. The molecule has 1 unspecified atom stereocenters. The summed E-state index contributed by atoms with van der Waals surface area (Å²) < 4.78 is 5.10. The van der Waals surface area contributed by atoms with Crippen LogP contribution in [0.15, 0.2) is 18.2 Å². The third-order valence-electron chi connectivity index (χ3n) is 2.65. The Hall–Kier alpha value is -0.755. The van der Waals surface area contributed by atoms with E-state index in [0.717, 1.165) is 17.4 Å². The van der Waals surface area contributed by atoms with Crippen LogP contribution in [0.3, 0.4) is 0 Å². The third-order valence-corrected chi connectivity index (χ3v) is 2.65. The Kier molecular flexibility index (Phi) is 4.21. The topological polar surface area (TPSA) is 9.23 Å². The second kappa shape index (κ2) is 5.21. The fraction of sp³-hybridized carbons (Fsp3) is 0.500. The van der Waals surface area contributed by atoms with E-state index in [4.69, 9.17) is 12.6 Å². The number of hydrogen-bond acceptors (Lipinski definition) is 1. The minimum absolute atomic E-state index is 0.589. The number of rotatable bonds is 4. The van der Waals surface area contributed by atoms with Gasteiger partial charge in [0, 0.05) is 7.11 Å². The zero-order chi connectivity index (χ0) is 10.6. The minimum Gasteiger partial charge on any atom is -0.380 e. The molecule has 1 aromatic rings. The van der Waals surface area contributed by atoms with Gasteiger partial charge in [-0.3, -0.25) is 0 Å². The normalized spacial score (nSPS) is 12.8. The standard InChI is InChI=1S/C12H17BO/c1-4-9(2)10-5-6-12(13)11(7-10)8-14-3/h5-7,9H,4,8H2,1-3H3. The molecular formula is C12H17BO. The van der Waals surface area contributed by atoms with Gasteiger partial charge in [0.05, 0.1) is 6.61 Å². The van der Waals surface area contributed by atoms with Gasteiger partial charge in [-0.25, -0.2) is 0 Å². The Morgan fingerprint density at radius 3 is 2.71 bits per heavy atom. The fourth-order valence-corrected chi connectivity index (χ4v) is 1.45. The molecule has 0 N–H and O–H groups in total. The second-order valence-electron chi connectivity index (χ2n) is 3.70. The van der Waals surface area contributed by atoms with Crippen LogP contribution in [0.4, 0.5) is 0 Å². The van der Waals surface area contributed by atoms with E-state index in [1.807, 2.05) is 6.07 Å². The molecule has 0 aromatic heterocycles. The van der Waals surface area contributed by atoms with Crippen molar-refractivity contribution in [2.24, 2.45) is 0 Å². The highest BCUT2D eigenvalue weighted by Gasteiger charge is 2.05. The van der Waals surface area contributed by atoms with E-state index in [0.29, 0.717) is 12.5 Å². The summed E-state index contributed by atoms with van der Waals surface area (Å²) in [4.78, 5) is 0. The first-order valence-corrected chi connectivity index (χ1v) is 5.06. The zero-order valence-electron chi connectivity index (χ0n) is 9.21. The largest absolute Gasteiger partial charge is 0.380 e. The van der Waals surface area contributed by atoms with Gasteiger partial charge in [-0.1, -0.05) is 37.5 Å². The number of hydrogen-bond donors (Lipinski definition) is 0. The van der Waals surface area contributed by atoms with Gasteiger partial charge in [-0.2, -0.15) is 0 Å². The lowest BCUT2D eigenvalue weighted by Gasteiger charge is -2.12. The van der Waals surface area contributed by atoms with E-state index in [2.05, 4.69) is 26.0 Å². The average molecular weight is 188 g/mol. The molecule has 1 atom stereocenters. The van der Waals surface area contributed by atoms with Gasteiger partial charge in [-0.05, 0) is 23.5 Å². The molecule has 0 heterocycles. The summed E-state index contributed by atoms with van der Waals surface area (Å²) in [5, 5.41) is 0. The smallest absolute Gasteiger partial charge is 0.114 e. The average Bonchev–Trinajstić information content (AvgIpc) is 2.20. The highest BCUT2D eigenvalue weighted by atomic mass is 16.5. The molecule has 0 spiro atoms. The molecule has 2 heteroatoms. The third kappa shape index (κ3) is 2.61. The highest BCUT2D eigenvalue weighted by Crippen LogP contribution is 2.18. The number of benzene rings is 1. The van der Waals surface area contributed by atoms with Crippen molar-refractivity contribution >= 4 is 13.3 Å². The number of ether oxygens (including phenoxy) is 1. The van der Waals surface area contributed by atoms with Crippen LogP contribution in [-0.2, 0) is 11.3 Å². The molecule has 2 radical (unpaired) electrons. The molecular weight excluding hydrogens is 171 g/mol. The van der Waals surface area contributed by atoms with Crippen molar-refractivity contribution in [2.75, 3.05) is 7.11 Å². The van der Waals surface area contributed by atoms with Gasteiger partial charge in [0.2, 0.25) is 0 Å². The summed E-state index contributed by atoms with van der Waals surface area (Å²) in [5.74, 6) is 0.589. The lowest BCUT2D eigenvalue weighted by atomic mass is 9.87. The van der Waals surface area contributed by atoms with Gasteiger partial charge < -0.3 is 4.74 Å². The maximum atomic E-state index is 5.84. The summed E-state index contributed by atoms with van der Waals surface area (Å²) >= 11 is 0. The first-order valence-electron chi connectivity index (χ1n) is 5.06. The van der Waals surface area contributed by atoms with E-state index in [1.165, 1.54) is 5.56 Å². The van der Waals surface area contributed by atoms with Crippen LogP contribution in [-0.4, -0.2) is 15.0 Å². The molecule has 0 saturated heterocycles. The van der Waals surface area contributed by atoms with E-state index < -0.39 is 0 Å². The zero-order valence-corrected chi connectivity index (χ0v) is 9.21. The van der Waals surface area contributed by atoms with E-state index in [1.54, 1.807) is 7.11 Å². The lowest BCUT2D eigenvalue weighted by Crippen LogP contribution is -2.12. The Bertz CT molecular complexity index is 296. The van der Waals surface area contributed by atoms with Gasteiger partial charge in [-0.15, -0.1) is 0 Å². The molecule has 0 aliphatic heterocycles. The van der Waals surface area contributed by atoms with E-state index in [9.17, 15) is 0 Å². The van der Waals surface area contributed by atoms with Crippen LogP contribution in [0.1, 0.15) is 37.3 Å². The Balaban J connectivity index is 2.93. The molecule has 0 amide bonds. The number of methoxy groups -OCH3 is 1. The Morgan fingerprint density at radius 1 is 1.43 bits per heavy atom. The first-order chi connectivity index (χ1) is 6.69. The first kappa shape index (κ1) is 11.3. The van der Waals surface area contributed by atoms with Crippen molar-refractivity contribution in [1.82, 2.24) is 0 Å². The van der Waals surface area contributed by atoms with E-state index in [-0.39, 0.29) is 0 Å². The molecule has 0 aliphatic carbocycles. The summed E-state index contributed by atoms with van der Waals surface area (Å²) in [5.41, 5.74) is 3.25. The van der Waals surface area contributed by atoms with Crippen molar-refractivity contribution in [2.45, 2.75) is 32.8 Å². The lowest BCUT2D eigenvalue weighted by molar-refractivity contribution is 0.185. The van der Waals surface area contributed by atoms with Gasteiger partial charge in [0.15, 0.2) is 0 Å². The molecule has 0 saturated carbocycles. The molecule has 1 rings (SSSR count). The Morgan fingerprint density at radius 2 is 2.14 bits per heavy atom. The van der Waals surface area contributed by atoms with Crippen molar-refractivity contribution in [1.29, 1.82) is 0 Å². The second-order valence-corrected chi connectivity index (χ2v) is 3.70. The van der Waals surface area contributed by atoms with Crippen molar-refractivity contribution < 1.29 is 4.74 Å². The van der Waals surface area contributed by atoms with Crippen LogP contribution >= 0.6 is 0 Å². The van der Waals surface area contributed by atoms with Crippen LogP contribution in [0.25, 0.3) is 0 Å². The van der Waals surface area contributed by atoms with E-state index >= 15 is 0 Å². The predicted octanol–water partition coefficient (Wildman–Crippen LogP) is 2.14. The van der Waals surface area contributed by atoms with Gasteiger partial charge >= 0.3 is 0 Å². The summed E-state index contributed by atoms with van der Waals surface area (Å²) in [7, 11) is 7.53. The fourth-order valence-electron chi connectivity index (χ4n) is 1.45. The molecule has 14 heavy (non-hydrogen) atoms. The highest BCUT2D eigenvalue weighted by molar-refractivity contribution is 6.33. The predicted molar refractivity (Wildman–Crippen MR) is 61.2 cm³/mol. The van der Waals surface area contributed by atoms with Crippen molar-refractivity contribution in [3.63, 3.8) is 0 Å². The van der Waals surface area contributed by atoms with Crippen molar-refractivity contribution in [3.8, 4) is 0 Å². The van der Waals surface area contributed by atoms with Crippen LogP contribution in [0.5, 0.6) is 0 Å². The van der Waals surface area contributed by atoms with Crippen LogP contribution in [0.2, 0.25) is 0 Å². The molecule has 1 nitrogen and oxygen atoms in total. The minimum atomic E-state index is 0.589. The maximum absolute atomic E-state index is 5.84. The van der Waals surface area contributed by atoms with Crippen molar-refractivity contribution in [3.05, 3.63) is 29.3 Å². The summed E-state index contributed by atoms with van der Waals surface area (Å²) in [6, 6.07) is 6.21.